The standard InChI is InChI=1S/C25H29FN4O3/c1-4-33-23(31)14-22(17-5-7-20(26)8-6-17)18-9-11-30(12-10-18)25(32)19-13-21-16(2)28-29(3)24(21)27-15-19/h5-8,13,15,18,22H,4,9-12,14H2,1-3H3/t22-/m0/s1. The number of hydrogen-bond acceptors (Lipinski definition) is 5. The van der Waals surface area contributed by atoms with Crippen molar-refractivity contribution in [1.82, 2.24) is 19.7 Å². The number of fused-ring (bicyclic) bond motifs is 1. The van der Waals surface area contributed by atoms with Crippen LogP contribution in [0.15, 0.2) is 36.5 Å². The maximum absolute atomic E-state index is 13.5. The first kappa shape index (κ1) is 22.9. The van der Waals surface area contributed by atoms with Crippen molar-refractivity contribution in [3.05, 3.63) is 59.2 Å². The lowest BCUT2D eigenvalue weighted by molar-refractivity contribution is -0.144. The van der Waals surface area contributed by atoms with Gasteiger partial charge in [-0.1, -0.05) is 12.1 Å². The number of hydrogen-bond donors (Lipinski definition) is 0. The number of piperidine rings is 1. The fourth-order valence-electron chi connectivity index (χ4n) is 4.78. The van der Waals surface area contributed by atoms with E-state index in [9.17, 15) is 14.0 Å². The Labute approximate surface area is 192 Å². The molecular weight excluding hydrogens is 423 g/mol. The van der Waals surface area contributed by atoms with E-state index in [-0.39, 0.29) is 36.0 Å². The molecule has 0 N–H and O–H groups in total. The first-order valence-corrected chi connectivity index (χ1v) is 11.4. The first-order chi connectivity index (χ1) is 15.9. The number of benzene rings is 1. The van der Waals surface area contributed by atoms with Gasteiger partial charge in [0.2, 0.25) is 0 Å². The molecule has 0 saturated carbocycles. The van der Waals surface area contributed by atoms with Crippen LogP contribution in [0.2, 0.25) is 0 Å². The molecule has 3 aromatic rings. The van der Waals surface area contributed by atoms with Crippen LogP contribution in [0, 0.1) is 18.7 Å². The Morgan fingerprint density at radius 2 is 1.91 bits per heavy atom. The fourth-order valence-corrected chi connectivity index (χ4v) is 4.78. The number of nitrogens with zero attached hydrogens (tertiary/aromatic N) is 4. The van der Waals surface area contributed by atoms with Crippen LogP contribution in [0.3, 0.4) is 0 Å². The van der Waals surface area contributed by atoms with E-state index in [1.807, 2.05) is 24.9 Å². The highest BCUT2D eigenvalue weighted by Gasteiger charge is 2.31. The topological polar surface area (TPSA) is 77.3 Å². The molecule has 3 heterocycles. The summed E-state index contributed by atoms with van der Waals surface area (Å²) < 4.78 is 20.3. The van der Waals surface area contributed by atoms with Crippen LogP contribution < -0.4 is 0 Å². The molecule has 174 valence electrons. The molecule has 1 aromatic carbocycles. The van der Waals surface area contributed by atoms with E-state index >= 15 is 0 Å². The maximum atomic E-state index is 13.5. The van der Waals surface area contributed by atoms with Crippen molar-refractivity contribution in [3.8, 4) is 0 Å². The predicted octanol–water partition coefficient (Wildman–Crippen LogP) is 4.01. The van der Waals surface area contributed by atoms with Crippen molar-refractivity contribution in [2.75, 3.05) is 19.7 Å². The van der Waals surface area contributed by atoms with Gasteiger partial charge in [-0.2, -0.15) is 5.10 Å². The monoisotopic (exact) mass is 452 g/mol. The summed E-state index contributed by atoms with van der Waals surface area (Å²) in [6, 6.07) is 8.20. The second kappa shape index (κ2) is 9.68. The van der Waals surface area contributed by atoms with E-state index in [4.69, 9.17) is 4.74 Å². The Morgan fingerprint density at radius 3 is 2.58 bits per heavy atom. The second-order valence-corrected chi connectivity index (χ2v) is 8.60. The van der Waals surface area contributed by atoms with E-state index < -0.39 is 0 Å². The summed E-state index contributed by atoms with van der Waals surface area (Å²) in [5, 5.41) is 5.25. The molecule has 0 unspecified atom stereocenters. The minimum atomic E-state index is -0.302. The number of carbonyl (C=O) groups excluding carboxylic acids is 2. The first-order valence-electron chi connectivity index (χ1n) is 11.4. The maximum Gasteiger partial charge on any atom is 0.306 e. The zero-order valence-electron chi connectivity index (χ0n) is 19.3. The van der Waals surface area contributed by atoms with Gasteiger partial charge in [0.05, 0.1) is 24.3 Å². The summed E-state index contributed by atoms with van der Waals surface area (Å²) in [7, 11) is 1.84. The zero-order valence-corrected chi connectivity index (χ0v) is 19.3. The number of rotatable bonds is 6. The summed E-state index contributed by atoms with van der Waals surface area (Å²) in [5.74, 6) is -0.474. The van der Waals surface area contributed by atoms with E-state index in [0.29, 0.717) is 25.3 Å². The third-order valence-corrected chi connectivity index (χ3v) is 6.50. The minimum absolute atomic E-state index is 0.0465. The quantitative estimate of drug-likeness (QED) is 0.528. The Hall–Kier alpha value is -3.29. The van der Waals surface area contributed by atoms with Crippen molar-refractivity contribution in [2.45, 2.75) is 39.0 Å². The number of halogens is 1. The summed E-state index contributed by atoms with van der Waals surface area (Å²) in [6.45, 7) is 5.20. The molecule has 1 saturated heterocycles. The number of aromatic nitrogens is 3. The number of amides is 1. The number of ether oxygens (including phenoxy) is 1. The van der Waals surface area contributed by atoms with Crippen LogP contribution in [-0.2, 0) is 16.6 Å². The Kier molecular flexibility index (Phi) is 6.72. The molecule has 1 amide bonds. The van der Waals surface area contributed by atoms with Crippen LogP contribution in [0.5, 0.6) is 0 Å². The molecule has 0 aliphatic carbocycles. The lowest BCUT2D eigenvalue weighted by Gasteiger charge is -2.36. The van der Waals surface area contributed by atoms with Crippen molar-refractivity contribution in [3.63, 3.8) is 0 Å². The second-order valence-electron chi connectivity index (χ2n) is 8.60. The van der Waals surface area contributed by atoms with Crippen LogP contribution in [0.25, 0.3) is 11.0 Å². The van der Waals surface area contributed by atoms with Gasteiger partial charge >= 0.3 is 5.97 Å². The van der Waals surface area contributed by atoms with Crippen molar-refractivity contribution in [2.24, 2.45) is 13.0 Å². The molecular formula is C25H29FN4O3. The summed E-state index contributed by atoms with van der Waals surface area (Å²) >= 11 is 0. The van der Waals surface area contributed by atoms with Crippen LogP contribution in [0.4, 0.5) is 4.39 Å². The third kappa shape index (κ3) is 4.89. The lowest BCUT2D eigenvalue weighted by atomic mass is 9.78. The predicted molar refractivity (Wildman–Crippen MR) is 122 cm³/mol. The molecule has 1 aliphatic heterocycles. The number of aryl methyl sites for hydroxylation is 2. The molecule has 2 aromatic heterocycles. The summed E-state index contributed by atoms with van der Waals surface area (Å²) in [4.78, 5) is 31.7. The molecule has 1 aliphatic rings. The zero-order chi connectivity index (χ0) is 23.5. The molecule has 7 nitrogen and oxygen atoms in total. The molecule has 0 radical (unpaired) electrons. The largest absolute Gasteiger partial charge is 0.466 e. The molecule has 8 heteroatoms. The highest BCUT2D eigenvalue weighted by molar-refractivity contribution is 5.97. The van der Waals surface area contributed by atoms with Crippen molar-refractivity contribution in [1.29, 1.82) is 0 Å². The number of carbonyl (C=O) groups is 2. The SMILES string of the molecule is CCOC(=O)C[C@@H](c1ccc(F)cc1)C1CCN(C(=O)c2cnc3c(c2)c(C)nn3C)CC1. The van der Waals surface area contributed by atoms with Gasteiger partial charge < -0.3 is 9.64 Å². The highest BCUT2D eigenvalue weighted by Crippen LogP contribution is 2.36. The Balaban J connectivity index is 1.47. The molecule has 1 atom stereocenters. The molecule has 4 rings (SSSR count). The van der Waals surface area contributed by atoms with Crippen LogP contribution >= 0.6 is 0 Å². The van der Waals surface area contributed by atoms with Gasteiger partial charge in [-0.25, -0.2) is 9.37 Å². The van der Waals surface area contributed by atoms with E-state index in [0.717, 1.165) is 35.1 Å². The minimum Gasteiger partial charge on any atom is -0.466 e. The van der Waals surface area contributed by atoms with Gasteiger partial charge in [0.25, 0.3) is 5.91 Å². The van der Waals surface area contributed by atoms with Gasteiger partial charge in [0, 0.05) is 31.7 Å². The average Bonchev–Trinajstić information content (AvgIpc) is 3.11. The fraction of sp³-hybridized carbons (Fsp3) is 0.440. The van der Waals surface area contributed by atoms with Gasteiger partial charge in [0.15, 0.2) is 5.65 Å². The van der Waals surface area contributed by atoms with E-state index in [1.165, 1.54) is 12.1 Å². The molecule has 33 heavy (non-hydrogen) atoms. The average molecular weight is 453 g/mol. The number of pyridine rings is 1. The number of likely N-dealkylation sites (tertiary alicyclic amines) is 1. The van der Waals surface area contributed by atoms with Crippen molar-refractivity contribution < 1.29 is 18.7 Å². The van der Waals surface area contributed by atoms with Crippen molar-refractivity contribution >= 4 is 22.9 Å². The van der Waals surface area contributed by atoms with Gasteiger partial charge in [-0.15, -0.1) is 0 Å². The lowest BCUT2D eigenvalue weighted by Crippen LogP contribution is -2.40. The highest BCUT2D eigenvalue weighted by atomic mass is 19.1. The molecule has 1 fully saturated rings. The van der Waals surface area contributed by atoms with Gasteiger partial charge in [-0.3, -0.25) is 14.3 Å². The van der Waals surface area contributed by atoms with Gasteiger partial charge in [0.1, 0.15) is 5.82 Å². The smallest absolute Gasteiger partial charge is 0.306 e. The normalized spacial score (nSPS) is 15.6. The summed E-state index contributed by atoms with van der Waals surface area (Å²) in [6.07, 6.45) is 3.38. The third-order valence-electron chi connectivity index (χ3n) is 6.50. The van der Waals surface area contributed by atoms with Crippen LogP contribution in [-0.4, -0.2) is 51.2 Å². The Bertz CT molecular complexity index is 1150. The van der Waals surface area contributed by atoms with Crippen LogP contribution in [0.1, 0.15) is 53.7 Å². The van der Waals surface area contributed by atoms with E-state index in [1.54, 1.807) is 29.9 Å². The molecule has 0 bridgehead atoms. The van der Waals surface area contributed by atoms with Gasteiger partial charge in [-0.05, 0) is 62.3 Å². The Morgan fingerprint density at radius 1 is 1.21 bits per heavy atom. The molecule has 0 spiro atoms. The number of esters is 1. The summed E-state index contributed by atoms with van der Waals surface area (Å²) in [5.41, 5.74) is 3.08. The van der Waals surface area contributed by atoms with E-state index in [2.05, 4.69) is 10.1 Å².